The molecule has 0 spiro atoms. The van der Waals surface area contributed by atoms with Gasteiger partial charge in [-0.25, -0.2) is 4.39 Å². The predicted molar refractivity (Wildman–Crippen MR) is 76.3 cm³/mol. The summed E-state index contributed by atoms with van der Waals surface area (Å²) in [6.07, 6.45) is -0.0644. The number of amides is 2. The first-order valence-corrected chi connectivity index (χ1v) is 7.82. The van der Waals surface area contributed by atoms with Crippen molar-refractivity contribution in [1.29, 1.82) is 0 Å². The van der Waals surface area contributed by atoms with Crippen molar-refractivity contribution in [1.82, 2.24) is 14.7 Å². The number of carbonyl (C=O) groups excluding carboxylic acids is 2. The van der Waals surface area contributed by atoms with E-state index in [9.17, 15) is 14.0 Å². The average molecular weight is 297 g/mol. The molecule has 0 bridgehead atoms. The first-order valence-electron chi connectivity index (χ1n) is 7.82. The number of carbonyl (C=O) groups is 2. The molecule has 0 N–H and O–H groups in total. The largest absolute Gasteiger partial charge is 0.341 e. The molecule has 3 aliphatic rings. The van der Waals surface area contributed by atoms with Crippen LogP contribution in [0.4, 0.5) is 4.39 Å². The minimum atomic E-state index is -0.802. The summed E-state index contributed by atoms with van der Waals surface area (Å²) in [4.78, 5) is 30.4. The van der Waals surface area contributed by atoms with Gasteiger partial charge in [0.15, 0.2) is 0 Å². The Balaban J connectivity index is 1.53. The van der Waals surface area contributed by atoms with Crippen LogP contribution in [-0.4, -0.2) is 79.5 Å². The van der Waals surface area contributed by atoms with Crippen molar-refractivity contribution >= 4 is 11.8 Å². The van der Waals surface area contributed by atoms with Crippen LogP contribution < -0.4 is 0 Å². The fraction of sp³-hybridized carbons (Fsp3) is 0.867. The molecule has 2 aliphatic heterocycles. The summed E-state index contributed by atoms with van der Waals surface area (Å²) < 4.78 is 12.9. The lowest BCUT2D eigenvalue weighted by Crippen LogP contribution is -2.43. The van der Waals surface area contributed by atoms with Crippen molar-refractivity contribution in [2.75, 3.05) is 46.8 Å². The second kappa shape index (κ2) is 5.55. The summed E-state index contributed by atoms with van der Waals surface area (Å²) in [5.41, 5.74) is 0. The van der Waals surface area contributed by atoms with Crippen LogP contribution in [-0.2, 0) is 9.59 Å². The van der Waals surface area contributed by atoms with Gasteiger partial charge in [0.05, 0.1) is 5.92 Å². The van der Waals surface area contributed by atoms with Crippen molar-refractivity contribution in [3.05, 3.63) is 0 Å². The zero-order valence-corrected chi connectivity index (χ0v) is 12.8. The van der Waals surface area contributed by atoms with Crippen molar-refractivity contribution in [3.8, 4) is 0 Å². The van der Waals surface area contributed by atoms with Gasteiger partial charge < -0.3 is 14.7 Å². The molecular weight excluding hydrogens is 273 g/mol. The van der Waals surface area contributed by atoms with E-state index in [1.807, 2.05) is 19.0 Å². The van der Waals surface area contributed by atoms with Crippen LogP contribution in [0.2, 0.25) is 0 Å². The van der Waals surface area contributed by atoms with Crippen LogP contribution in [0.1, 0.15) is 12.8 Å². The number of halogens is 1. The van der Waals surface area contributed by atoms with Gasteiger partial charge in [-0.1, -0.05) is 0 Å². The zero-order valence-electron chi connectivity index (χ0n) is 12.8. The Bertz CT molecular complexity index is 437. The third-order valence-corrected chi connectivity index (χ3v) is 5.08. The Labute approximate surface area is 125 Å². The number of likely N-dealkylation sites (tertiary alicyclic amines) is 2. The van der Waals surface area contributed by atoms with Gasteiger partial charge in [-0.15, -0.1) is 0 Å². The Kier molecular flexibility index (Phi) is 3.90. The summed E-state index contributed by atoms with van der Waals surface area (Å²) in [5.74, 6) is 0.348. The van der Waals surface area contributed by atoms with Crippen molar-refractivity contribution in [2.45, 2.75) is 19.0 Å². The highest BCUT2D eigenvalue weighted by Gasteiger charge is 2.49. The third kappa shape index (κ3) is 2.78. The lowest BCUT2D eigenvalue weighted by molar-refractivity contribution is -0.140. The Morgan fingerprint density at radius 3 is 2.57 bits per heavy atom. The summed E-state index contributed by atoms with van der Waals surface area (Å²) in [6, 6.07) is 0. The maximum Gasteiger partial charge on any atom is 0.227 e. The lowest BCUT2D eigenvalue weighted by atomic mass is 9.82. The molecule has 0 radical (unpaired) electrons. The van der Waals surface area contributed by atoms with Crippen LogP contribution in [0.15, 0.2) is 0 Å². The zero-order chi connectivity index (χ0) is 15.1. The quantitative estimate of drug-likeness (QED) is 0.745. The monoisotopic (exact) mass is 297 g/mol. The van der Waals surface area contributed by atoms with Crippen molar-refractivity contribution in [3.63, 3.8) is 0 Å². The number of alkyl halides is 1. The molecule has 0 unspecified atom stereocenters. The molecule has 6 heteroatoms. The topological polar surface area (TPSA) is 43.9 Å². The van der Waals surface area contributed by atoms with E-state index >= 15 is 0 Å². The molecule has 118 valence electrons. The fourth-order valence-corrected chi connectivity index (χ4v) is 3.65. The van der Waals surface area contributed by atoms with Gasteiger partial charge in [0.25, 0.3) is 0 Å². The van der Waals surface area contributed by atoms with Crippen molar-refractivity contribution < 1.29 is 14.0 Å². The van der Waals surface area contributed by atoms with Crippen LogP contribution in [0.5, 0.6) is 0 Å². The third-order valence-electron chi connectivity index (χ3n) is 5.08. The van der Waals surface area contributed by atoms with E-state index < -0.39 is 6.17 Å². The van der Waals surface area contributed by atoms with Crippen LogP contribution in [0, 0.1) is 17.8 Å². The van der Waals surface area contributed by atoms with E-state index in [1.165, 1.54) is 0 Å². The standard InChI is InChI=1S/C15H24FN3O2/c1-17(2)3-4-18-7-11-8-19(9-13(11)15(18)21)14(20)10-5-12(16)6-10/h10-13H,3-9H2,1-2H3/t10?,11-,12?,13+/m1/s1. The first-order chi connectivity index (χ1) is 9.95. The molecule has 5 nitrogen and oxygen atoms in total. The van der Waals surface area contributed by atoms with Gasteiger partial charge in [-0.3, -0.25) is 9.59 Å². The molecule has 21 heavy (non-hydrogen) atoms. The van der Waals surface area contributed by atoms with E-state index in [1.54, 1.807) is 4.90 Å². The molecule has 1 saturated carbocycles. The van der Waals surface area contributed by atoms with Crippen LogP contribution in [0.25, 0.3) is 0 Å². The lowest BCUT2D eigenvalue weighted by Gasteiger charge is -2.32. The number of likely N-dealkylation sites (N-methyl/N-ethyl adjacent to an activating group) is 1. The maximum absolute atomic E-state index is 12.9. The molecule has 0 aromatic rings. The SMILES string of the molecule is CN(C)CCN1C[C@@H]2CN(C(=O)C3CC(F)C3)C[C@@H]2C1=O. The smallest absolute Gasteiger partial charge is 0.227 e. The molecule has 1 aliphatic carbocycles. The van der Waals surface area contributed by atoms with Gasteiger partial charge in [-0.2, -0.15) is 0 Å². The van der Waals surface area contributed by atoms with Crippen LogP contribution in [0.3, 0.4) is 0 Å². The molecule has 2 atom stereocenters. The summed E-state index contributed by atoms with van der Waals surface area (Å²) in [7, 11) is 4.00. The maximum atomic E-state index is 12.9. The van der Waals surface area contributed by atoms with Gasteiger partial charge in [0, 0.05) is 44.6 Å². The van der Waals surface area contributed by atoms with Crippen molar-refractivity contribution in [2.24, 2.45) is 17.8 Å². The minimum absolute atomic E-state index is 0.0302. The number of hydrogen-bond donors (Lipinski definition) is 0. The molecule has 2 heterocycles. The molecule has 2 saturated heterocycles. The average Bonchev–Trinajstić information content (AvgIpc) is 2.92. The van der Waals surface area contributed by atoms with Gasteiger partial charge >= 0.3 is 0 Å². The molecule has 3 rings (SSSR count). The van der Waals surface area contributed by atoms with E-state index in [0.29, 0.717) is 25.9 Å². The highest BCUT2D eigenvalue weighted by molar-refractivity contribution is 5.85. The highest BCUT2D eigenvalue weighted by atomic mass is 19.1. The van der Waals surface area contributed by atoms with Gasteiger partial charge in [-0.05, 0) is 26.9 Å². The molecule has 0 aromatic heterocycles. The molecule has 2 amide bonds. The Morgan fingerprint density at radius 1 is 1.29 bits per heavy atom. The molecular formula is C15H24FN3O2. The van der Waals surface area contributed by atoms with E-state index in [-0.39, 0.29) is 29.6 Å². The minimum Gasteiger partial charge on any atom is -0.341 e. The Hall–Kier alpha value is -1.17. The molecule has 3 fully saturated rings. The second-order valence-corrected chi connectivity index (χ2v) is 6.96. The van der Waals surface area contributed by atoms with E-state index in [2.05, 4.69) is 4.90 Å². The van der Waals surface area contributed by atoms with E-state index in [4.69, 9.17) is 0 Å². The summed E-state index contributed by atoms with van der Waals surface area (Å²) in [6.45, 7) is 3.60. The number of hydrogen-bond acceptors (Lipinski definition) is 3. The van der Waals surface area contributed by atoms with Gasteiger partial charge in [0.2, 0.25) is 11.8 Å². The number of fused-ring (bicyclic) bond motifs is 1. The molecule has 0 aromatic carbocycles. The second-order valence-electron chi connectivity index (χ2n) is 6.96. The Morgan fingerprint density at radius 2 is 2.00 bits per heavy atom. The van der Waals surface area contributed by atoms with Crippen LogP contribution >= 0.6 is 0 Å². The highest BCUT2D eigenvalue weighted by Crippen LogP contribution is 2.36. The number of rotatable bonds is 4. The normalized spacial score (nSPS) is 35.3. The number of nitrogens with zero attached hydrogens (tertiary/aromatic N) is 3. The van der Waals surface area contributed by atoms with Gasteiger partial charge in [0.1, 0.15) is 6.17 Å². The predicted octanol–water partition coefficient (Wildman–Crippen LogP) is 0.213. The summed E-state index contributed by atoms with van der Waals surface area (Å²) in [5, 5.41) is 0. The first kappa shape index (κ1) is 14.8. The van der Waals surface area contributed by atoms with E-state index in [0.717, 1.165) is 19.6 Å². The summed E-state index contributed by atoms with van der Waals surface area (Å²) >= 11 is 0. The fourth-order valence-electron chi connectivity index (χ4n) is 3.65.